The van der Waals surface area contributed by atoms with E-state index >= 15 is 0 Å². The predicted molar refractivity (Wildman–Crippen MR) is 65.4 cm³/mol. The van der Waals surface area contributed by atoms with Crippen molar-refractivity contribution < 1.29 is 9.72 Å². The Labute approximate surface area is 105 Å². The summed E-state index contributed by atoms with van der Waals surface area (Å²) in [4.78, 5) is 23.8. The monoisotopic (exact) mass is 246 g/mol. The lowest BCUT2D eigenvalue weighted by atomic mass is 9.96. The number of benzene rings is 1. The van der Waals surface area contributed by atoms with E-state index in [2.05, 4.69) is 0 Å². The molecule has 2 aliphatic rings. The molecule has 5 heteroatoms. The average molecular weight is 246 g/mol. The van der Waals surface area contributed by atoms with Crippen molar-refractivity contribution in [2.45, 2.75) is 25.2 Å². The number of piperidine rings is 1. The van der Waals surface area contributed by atoms with Crippen molar-refractivity contribution in [3.05, 3.63) is 39.4 Å². The fraction of sp³-hybridized carbons (Fsp3) is 0.462. The van der Waals surface area contributed by atoms with Crippen LogP contribution in [0.2, 0.25) is 0 Å². The Morgan fingerprint density at radius 3 is 2.61 bits per heavy atom. The summed E-state index contributed by atoms with van der Waals surface area (Å²) in [5.74, 6) is 0.706. The Morgan fingerprint density at radius 1 is 1.33 bits per heavy atom. The Hall–Kier alpha value is -1.91. The molecule has 1 saturated heterocycles. The van der Waals surface area contributed by atoms with Gasteiger partial charge >= 0.3 is 0 Å². The first kappa shape index (κ1) is 11.2. The van der Waals surface area contributed by atoms with Crippen LogP contribution in [0.3, 0.4) is 0 Å². The van der Waals surface area contributed by atoms with E-state index in [0.717, 1.165) is 18.5 Å². The molecule has 1 heterocycles. The van der Waals surface area contributed by atoms with Crippen molar-refractivity contribution >= 4 is 11.6 Å². The van der Waals surface area contributed by atoms with Crippen molar-refractivity contribution in [2.75, 3.05) is 13.1 Å². The van der Waals surface area contributed by atoms with E-state index in [9.17, 15) is 14.9 Å². The molecule has 0 aromatic heterocycles. The van der Waals surface area contributed by atoms with Crippen LogP contribution in [0, 0.1) is 10.1 Å². The van der Waals surface area contributed by atoms with Gasteiger partial charge in [0, 0.05) is 44.0 Å². The molecule has 2 unspecified atom stereocenters. The van der Waals surface area contributed by atoms with Gasteiger partial charge in [-0.2, -0.15) is 0 Å². The van der Waals surface area contributed by atoms with Gasteiger partial charge < -0.3 is 4.90 Å². The highest BCUT2D eigenvalue weighted by Crippen LogP contribution is 2.46. The number of nitrogens with zero attached hydrogens (tertiary/aromatic N) is 2. The third-order valence-electron chi connectivity index (χ3n) is 4.06. The smallest absolute Gasteiger partial charge is 0.269 e. The highest BCUT2D eigenvalue weighted by atomic mass is 16.6. The lowest BCUT2D eigenvalue weighted by Crippen LogP contribution is -2.38. The topological polar surface area (TPSA) is 63.5 Å². The zero-order valence-electron chi connectivity index (χ0n) is 10.1. The summed E-state index contributed by atoms with van der Waals surface area (Å²) in [7, 11) is 0. The van der Waals surface area contributed by atoms with Crippen molar-refractivity contribution in [1.29, 1.82) is 0 Å². The first-order valence-electron chi connectivity index (χ1n) is 6.10. The molecule has 5 nitrogen and oxygen atoms in total. The van der Waals surface area contributed by atoms with Gasteiger partial charge in [0.25, 0.3) is 5.69 Å². The molecule has 1 aliphatic heterocycles. The Kier molecular flexibility index (Phi) is 2.36. The number of fused-ring (bicyclic) bond motifs is 5. The average Bonchev–Trinajstić information content (AvgIpc) is 2.60. The summed E-state index contributed by atoms with van der Waals surface area (Å²) in [5.41, 5.74) is 2.41. The van der Waals surface area contributed by atoms with Crippen LogP contribution in [0.25, 0.3) is 0 Å². The molecule has 0 N–H and O–H groups in total. The normalized spacial score (nSPS) is 24.8. The third-order valence-corrected chi connectivity index (χ3v) is 4.06. The van der Waals surface area contributed by atoms with E-state index < -0.39 is 0 Å². The van der Waals surface area contributed by atoms with Gasteiger partial charge in [0.2, 0.25) is 5.91 Å². The van der Waals surface area contributed by atoms with E-state index in [1.54, 1.807) is 19.1 Å². The number of nitro benzene ring substituents is 1. The fourth-order valence-electron chi connectivity index (χ4n) is 3.21. The SMILES string of the molecule is CC(=O)N1CC2CC(C1)c1cc([N+](=O)[O-])ccc12. The molecular formula is C13H14N2O3. The van der Waals surface area contributed by atoms with Crippen LogP contribution in [-0.2, 0) is 4.79 Å². The second-order valence-corrected chi connectivity index (χ2v) is 5.12. The molecule has 2 bridgehead atoms. The summed E-state index contributed by atoms with van der Waals surface area (Å²) >= 11 is 0. The van der Waals surface area contributed by atoms with E-state index in [4.69, 9.17) is 0 Å². The minimum absolute atomic E-state index is 0.0898. The van der Waals surface area contributed by atoms with Crippen LogP contribution >= 0.6 is 0 Å². The van der Waals surface area contributed by atoms with E-state index in [1.165, 1.54) is 5.56 Å². The maximum Gasteiger partial charge on any atom is 0.269 e. The largest absolute Gasteiger partial charge is 0.342 e. The minimum atomic E-state index is -0.356. The number of carbonyl (C=O) groups excluding carboxylic acids is 1. The number of amides is 1. The number of nitro groups is 1. The zero-order chi connectivity index (χ0) is 12.9. The maximum atomic E-state index is 11.5. The minimum Gasteiger partial charge on any atom is -0.342 e. The summed E-state index contributed by atoms with van der Waals surface area (Å²) in [6, 6.07) is 5.11. The number of non-ortho nitro benzene ring substituents is 1. The van der Waals surface area contributed by atoms with Crippen LogP contribution in [0.1, 0.15) is 36.3 Å². The van der Waals surface area contributed by atoms with Gasteiger partial charge in [0.05, 0.1) is 4.92 Å². The van der Waals surface area contributed by atoms with E-state index in [1.807, 2.05) is 11.0 Å². The number of hydrogen-bond donors (Lipinski definition) is 0. The highest BCUT2D eigenvalue weighted by molar-refractivity contribution is 5.74. The lowest BCUT2D eigenvalue weighted by molar-refractivity contribution is -0.384. The molecule has 0 spiro atoms. The van der Waals surface area contributed by atoms with Crippen molar-refractivity contribution in [3.63, 3.8) is 0 Å². The molecule has 18 heavy (non-hydrogen) atoms. The van der Waals surface area contributed by atoms with Gasteiger partial charge in [-0.05, 0) is 17.5 Å². The van der Waals surface area contributed by atoms with Gasteiger partial charge in [-0.25, -0.2) is 0 Å². The second kappa shape index (κ2) is 3.80. The quantitative estimate of drug-likeness (QED) is 0.562. The van der Waals surface area contributed by atoms with Gasteiger partial charge in [0.15, 0.2) is 0 Å². The summed E-state index contributed by atoms with van der Waals surface area (Å²) < 4.78 is 0. The molecule has 1 aliphatic carbocycles. The standard InChI is InChI=1S/C13H14N2O3/c1-8(16)14-6-9-4-10(7-14)13-5-11(15(17)18)2-3-12(9)13/h2-3,5,9-10H,4,6-7H2,1H3. The van der Waals surface area contributed by atoms with Crippen molar-refractivity contribution in [3.8, 4) is 0 Å². The molecule has 0 saturated carbocycles. The third kappa shape index (κ3) is 1.58. The predicted octanol–water partition coefficient (Wildman–Crippen LogP) is 2.03. The van der Waals surface area contributed by atoms with Crippen molar-refractivity contribution in [1.82, 2.24) is 4.90 Å². The molecule has 1 fully saturated rings. The molecule has 94 valence electrons. The Morgan fingerprint density at radius 2 is 2.00 bits per heavy atom. The number of likely N-dealkylation sites (tertiary alicyclic amines) is 1. The molecule has 0 radical (unpaired) electrons. The maximum absolute atomic E-state index is 11.5. The second-order valence-electron chi connectivity index (χ2n) is 5.12. The lowest BCUT2D eigenvalue weighted by Gasteiger charge is -2.31. The van der Waals surface area contributed by atoms with Gasteiger partial charge in [0.1, 0.15) is 0 Å². The Bertz CT molecular complexity index is 541. The van der Waals surface area contributed by atoms with Crippen molar-refractivity contribution in [2.24, 2.45) is 0 Å². The van der Waals surface area contributed by atoms with Gasteiger partial charge in [-0.1, -0.05) is 6.07 Å². The summed E-state index contributed by atoms with van der Waals surface area (Å²) in [5, 5.41) is 10.8. The molecule has 3 rings (SSSR count). The van der Waals surface area contributed by atoms with E-state index in [-0.39, 0.29) is 22.4 Å². The summed E-state index contributed by atoms with van der Waals surface area (Å²) in [6.07, 6.45) is 1.01. The zero-order valence-corrected chi connectivity index (χ0v) is 10.1. The molecular weight excluding hydrogens is 232 g/mol. The number of hydrogen-bond acceptors (Lipinski definition) is 3. The number of rotatable bonds is 1. The molecule has 2 atom stereocenters. The van der Waals surface area contributed by atoms with E-state index in [0.29, 0.717) is 12.5 Å². The highest BCUT2D eigenvalue weighted by Gasteiger charge is 2.39. The first-order chi connectivity index (χ1) is 8.56. The molecule has 1 aromatic rings. The van der Waals surface area contributed by atoms with Crippen LogP contribution in [0.5, 0.6) is 0 Å². The van der Waals surface area contributed by atoms with Crippen LogP contribution in [-0.4, -0.2) is 28.8 Å². The van der Waals surface area contributed by atoms with Gasteiger partial charge in [-0.15, -0.1) is 0 Å². The Balaban J connectivity index is 1.99. The van der Waals surface area contributed by atoms with Gasteiger partial charge in [-0.3, -0.25) is 14.9 Å². The van der Waals surface area contributed by atoms with Crippen LogP contribution < -0.4 is 0 Å². The van der Waals surface area contributed by atoms with Crippen LogP contribution in [0.4, 0.5) is 5.69 Å². The number of carbonyl (C=O) groups is 1. The summed E-state index contributed by atoms with van der Waals surface area (Å²) in [6.45, 7) is 3.02. The first-order valence-corrected chi connectivity index (χ1v) is 6.10. The fourth-order valence-corrected chi connectivity index (χ4v) is 3.21. The van der Waals surface area contributed by atoms with Crippen LogP contribution in [0.15, 0.2) is 18.2 Å². The molecule has 1 aromatic carbocycles. The molecule has 1 amide bonds.